The molecule has 33 nitrogen and oxygen atoms in total. The molecule has 1 N–H and O–H groups in total. The number of para-hydroxylation sites is 3. The predicted octanol–water partition coefficient (Wildman–Crippen LogP) is 13.5. The lowest BCUT2D eigenvalue weighted by Gasteiger charge is -2.27. The highest BCUT2D eigenvalue weighted by atomic mass is 35.5. The van der Waals surface area contributed by atoms with Crippen LogP contribution in [0.3, 0.4) is 0 Å². The van der Waals surface area contributed by atoms with Gasteiger partial charge in [-0.25, -0.2) is 60.3 Å². The standard InChI is InChI=1S/C30H33ClN8O4SSi.C30H33ClN8O2SSi.C24H19ClN8O3S.6H2S/c1-44(41,42)22-14-24(27-35-38-11-10-23(31)26(38)30(40)39(27)21-8-6-5-7-9-21)37(17-22)29-25-20(15-32)16-36(28(25)33-18-34-29)19-43-12-13-45(2,3)4;1-42-22-14-24(27-35-38-11-10-23(31)26(38)30(40)39(27)21-8-6-5-7-9-21)37(17-22)29-25-20(15-32)16-36(28(25)33-18-34-29)19-41-12-13-43(2,3)4;1-37(35,36)16-9-18(31(12-16)23-19-14(10-26)11-27-21(19)28-13-29-23)22-30-32-8-7-17(25)20(32)24(34)33(22)15-5-3-2-4-6-15;;;;;;/h5-11,16,18,22,24H,12-14,17,19H2,1-4H3;5-11,16,18,22,24H,12-14,17,19H2,1-4H3;2-8,11,13,16,18H,9,12H2,1H3,(H,27,28,29);6*1H2/t2*22-,24?;16-,18?;;;;;;/m000....../s1. The van der Waals surface area contributed by atoms with E-state index >= 15 is 0 Å². The third-order valence-corrected chi connectivity index (χ3v) is 31.0. The number of aromatic amines is 1. The third-order valence-electron chi connectivity index (χ3n) is 22.6. The Morgan fingerprint density at radius 2 is 0.802 bits per heavy atom. The van der Waals surface area contributed by atoms with Gasteiger partial charge in [-0.15, -0.1) is 0 Å². The van der Waals surface area contributed by atoms with Crippen LogP contribution in [0.5, 0.6) is 0 Å². The number of thioether (sulfide) groups is 1. The molecule has 3 saturated heterocycles. The summed E-state index contributed by atoms with van der Waals surface area (Å²) in [5, 5.41) is 45.8. The van der Waals surface area contributed by atoms with Gasteiger partial charge in [0.05, 0.1) is 93.6 Å². The van der Waals surface area contributed by atoms with E-state index in [0.29, 0.717) is 139 Å². The predicted molar refractivity (Wildman–Crippen MR) is 550 cm³/mol. The first-order valence-electron chi connectivity index (χ1n) is 40.0. The fraction of sp³-hybridized carbons (Fsp3) is 0.321. The zero-order valence-electron chi connectivity index (χ0n) is 72.4. The number of ether oxygens (including phenoxy) is 2. The minimum Gasteiger partial charge on any atom is -0.361 e. The Bertz CT molecular complexity index is 7280. The Morgan fingerprint density at radius 1 is 0.466 bits per heavy atom. The molecule has 47 heteroatoms. The van der Waals surface area contributed by atoms with Gasteiger partial charge in [0.15, 0.2) is 37.1 Å². The minimum absolute atomic E-state index is 0. The van der Waals surface area contributed by atoms with Crippen LogP contribution in [0.15, 0.2) is 180 Å². The second kappa shape index (κ2) is 42.2. The lowest BCUT2D eigenvalue weighted by Crippen LogP contribution is -2.33. The maximum atomic E-state index is 14.0. The number of rotatable bonds is 22. The molecule has 3 aliphatic heterocycles. The number of sulfone groups is 2. The summed E-state index contributed by atoms with van der Waals surface area (Å²) < 4.78 is 76.1. The van der Waals surface area contributed by atoms with Crippen LogP contribution in [-0.2, 0) is 42.6 Å². The first kappa shape index (κ1) is 103. The number of nitriles is 3. The van der Waals surface area contributed by atoms with E-state index in [1.54, 1.807) is 116 Å². The van der Waals surface area contributed by atoms with Crippen molar-refractivity contribution in [2.45, 2.75) is 118 Å². The van der Waals surface area contributed by atoms with Gasteiger partial charge in [0.25, 0.3) is 16.7 Å². The Labute approximate surface area is 817 Å². The average molecular weight is 2040 g/mol. The Morgan fingerprint density at radius 3 is 1.14 bits per heavy atom. The van der Waals surface area contributed by atoms with E-state index in [1.807, 2.05) is 64.1 Å². The number of H-pyrrole nitrogens is 1. The molecule has 12 aromatic heterocycles. The van der Waals surface area contributed by atoms with E-state index in [2.05, 4.69) is 98.5 Å². The van der Waals surface area contributed by atoms with Crippen LogP contribution < -0.4 is 31.4 Å². The SMILES string of the molecule is CS(=O)(=O)[C@H]1CC(c2nn3ccc(Cl)c3c(=O)n2-c2ccccc2)N(c2ncnc3[nH]cc(C#N)c23)C1.CS[C@H]1CC(c2nn3ccc(Cl)c3c(=O)n2-c2ccccc2)N(c2ncnc3c2c(C#N)cn3COCC[Si](C)(C)C)C1.C[Si](C)(C)CCOCn1cc(C#N)c2c(N3C[C@@H](S(C)(=O)=O)CC3c3nn4ccc(Cl)c4c(=O)n3-c3ccccc3)ncnc21.S.S.S.S.S.S. The lowest BCUT2D eigenvalue weighted by molar-refractivity contribution is 0.0897. The summed E-state index contributed by atoms with van der Waals surface area (Å²) in [5.41, 5.74) is 4.25. The number of nitrogens with one attached hydrogen (secondary N) is 1. The highest BCUT2D eigenvalue weighted by Crippen LogP contribution is 2.46. The molecule has 3 unspecified atom stereocenters. The molecule has 6 atom stereocenters. The van der Waals surface area contributed by atoms with Crippen molar-refractivity contribution in [3.8, 4) is 35.3 Å². The lowest BCUT2D eigenvalue weighted by atomic mass is 10.1. The summed E-state index contributed by atoms with van der Waals surface area (Å²) >= 11 is 20.9. The number of hydrogen-bond acceptors (Lipinski definition) is 25. The van der Waals surface area contributed by atoms with Crippen molar-refractivity contribution in [1.29, 1.82) is 15.8 Å². The first-order chi connectivity index (χ1) is 59.8. The van der Waals surface area contributed by atoms with Crippen LogP contribution in [0, 0.1) is 34.0 Å². The Kier molecular flexibility index (Phi) is 33.3. The van der Waals surface area contributed by atoms with Crippen molar-refractivity contribution >= 4 is 230 Å². The number of aromatic nitrogens is 18. The molecule has 0 spiro atoms. The first-order valence-corrected chi connectivity index (χ1v) is 53.7. The number of anilines is 3. The van der Waals surface area contributed by atoms with Gasteiger partial charge in [-0.3, -0.25) is 28.1 Å². The van der Waals surface area contributed by atoms with E-state index in [9.17, 15) is 47.0 Å². The molecule has 0 saturated carbocycles. The fourth-order valence-electron chi connectivity index (χ4n) is 16.2. The summed E-state index contributed by atoms with van der Waals surface area (Å²) in [4.78, 5) is 77.6. The molecule has 18 rings (SSSR count). The fourth-order valence-corrected chi connectivity index (χ4v) is 21.0. The van der Waals surface area contributed by atoms with Crippen molar-refractivity contribution in [3.05, 3.63) is 246 Å². The summed E-state index contributed by atoms with van der Waals surface area (Å²) in [6, 6.07) is 39.5. The summed E-state index contributed by atoms with van der Waals surface area (Å²) in [6.07, 6.45) is 19.7. The maximum absolute atomic E-state index is 14.0. The van der Waals surface area contributed by atoms with Gasteiger partial charge in [0.2, 0.25) is 0 Å². The van der Waals surface area contributed by atoms with Crippen LogP contribution in [0.1, 0.15) is 71.6 Å². The quantitative estimate of drug-likeness (QED) is 0.0486. The van der Waals surface area contributed by atoms with Gasteiger partial charge in [-0.2, -0.15) is 124 Å². The molecule has 0 bridgehead atoms. The molecule has 0 amide bonds. The topological polar surface area (TPSA) is 389 Å². The smallest absolute Gasteiger partial charge is 0.284 e. The van der Waals surface area contributed by atoms with E-state index in [4.69, 9.17) is 64.6 Å². The van der Waals surface area contributed by atoms with Gasteiger partial charge >= 0.3 is 0 Å². The minimum atomic E-state index is -3.52. The Balaban J connectivity index is 0.000000200. The van der Waals surface area contributed by atoms with Crippen LogP contribution in [0.25, 0.3) is 66.7 Å². The summed E-state index contributed by atoms with van der Waals surface area (Å²) in [6.45, 7) is 16.4. The second-order valence-corrected chi connectivity index (χ2v) is 51.6. The normalized spacial score (nSPS) is 16.7. The molecule has 690 valence electrons. The molecular weight excluding hydrogens is 1940 g/mol. The number of hydrogen-bond donors (Lipinski definition) is 1. The zero-order chi connectivity index (χ0) is 88.3. The molecule has 15 aromatic rings. The van der Waals surface area contributed by atoms with Crippen LogP contribution in [0.2, 0.25) is 66.4 Å². The molecule has 131 heavy (non-hydrogen) atoms. The summed E-state index contributed by atoms with van der Waals surface area (Å²) in [5.74, 6) is 2.63. The maximum Gasteiger partial charge on any atom is 0.284 e. The zero-order valence-corrected chi connectivity index (χ0v) is 85.1. The molecule has 3 aliphatic rings. The molecular formula is C84H97Cl3N24O9S9Si2. The highest BCUT2D eigenvalue weighted by molar-refractivity contribution is 7.99. The van der Waals surface area contributed by atoms with Gasteiger partial charge in [0.1, 0.15) is 102 Å². The van der Waals surface area contributed by atoms with Crippen molar-refractivity contribution in [2.24, 2.45) is 0 Å². The number of fused-ring (bicyclic) bond motifs is 6. The molecule has 3 aromatic carbocycles. The van der Waals surface area contributed by atoms with E-state index in [1.165, 1.54) is 55.9 Å². The number of halogens is 3. The largest absolute Gasteiger partial charge is 0.361 e. The molecule has 0 aliphatic carbocycles. The van der Waals surface area contributed by atoms with Gasteiger partial charge < -0.3 is 38.3 Å². The van der Waals surface area contributed by atoms with Gasteiger partial charge in [-0.05, 0) is 92.2 Å². The van der Waals surface area contributed by atoms with Crippen molar-refractivity contribution in [1.82, 2.24) is 86.6 Å². The number of benzene rings is 3. The summed E-state index contributed by atoms with van der Waals surface area (Å²) in [7, 11) is -9.52. The van der Waals surface area contributed by atoms with E-state index in [-0.39, 0.29) is 157 Å². The van der Waals surface area contributed by atoms with Gasteiger partial charge in [0, 0.05) is 104 Å². The number of nitrogens with zero attached hydrogens (tertiary/aromatic N) is 23. The van der Waals surface area contributed by atoms with E-state index < -0.39 is 64.0 Å². The average Bonchev–Trinajstić information content (AvgIpc) is 1.55. The molecule has 15 heterocycles. The van der Waals surface area contributed by atoms with E-state index in [0.717, 1.165) is 18.5 Å². The van der Waals surface area contributed by atoms with Crippen molar-refractivity contribution < 1.29 is 26.3 Å². The Hall–Kier alpha value is -9.78. The van der Waals surface area contributed by atoms with Crippen molar-refractivity contribution in [2.75, 3.05) is 66.3 Å². The second-order valence-electron chi connectivity index (χ2n) is 33.3. The molecule has 0 radical (unpaired) electrons. The van der Waals surface area contributed by atoms with Crippen LogP contribution in [-0.4, -0.2) is 187 Å². The van der Waals surface area contributed by atoms with Crippen molar-refractivity contribution in [3.63, 3.8) is 0 Å². The highest BCUT2D eigenvalue weighted by Gasteiger charge is 2.46. The van der Waals surface area contributed by atoms with Crippen LogP contribution >= 0.6 is 128 Å². The molecule has 3 fully saturated rings. The van der Waals surface area contributed by atoms with Gasteiger partial charge in [-0.1, -0.05) is 129 Å². The third kappa shape index (κ3) is 20.8. The van der Waals surface area contributed by atoms with Crippen LogP contribution in [0.4, 0.5) is 17.5 Å². The monoisotopic (exact) mass is 2030 g/mol.